The number of hydrogen-bond acceptors (Lipinski definition) is 3. The maximum atomic E-state index is 13.0. The van der Waals surface area contributed by atoms with Gasteiger partial charge in [-0.25, -0.2) is 0 Å². The predicted octanol–water partition coefficient (Wildman–Crippen LogP) is 7.53. The van der Waals surface area contributed by atoms with Crippen LogP contribution >= 0.6 is 11.6 Å². The molecule has 39 heavy (non-hydrogen) atoms. The van der Waals surface area contributed by atoms with Crippen LogP contribution in [0.15, 0.2) is 97.1 Å². The molecule has 1 amide bonds. The average molecular weight is 537 g/mol. The molecule has 196 valence electrons. The van der Waals surface area contributed by atoms with Gasteiger partial charge in [-0.05, 0) is 78.9 Å². The SMILES string of the molecule is Cc1c(C)n(Cc2ccc(-c3ccccc3)cc2)c2ccc(C(=O)N[C@@H](C)c3cccc(Cl)c3)cc12.O=C=O. The molecule has 0 aliphatic rings. The first-order chi connectivity index (χ1) is 18.8. The van der Waals surface area contributed by atoms with E-state index < -0.39 is 0 Å². The summed E-state index contributed by atoms with van der Waals surface area (Å²) in [5.41, 5.74) is 8.86. The molecule has 0 radical (unpaired) electrons. The Labute approximate surface area is 233 Å². The lowest BCUT2D eigenvalue weighted by molar-refractivity contribution is -0.191. The summed E-state index contributed by atoms with van der Waals surface area (Å²) in [5.74, 6) is -0.0920. The van der Waals surface area contributed by atoms with Gasteiger partial charge in [0.1, 0.15) is 0 Å². The molecule has 0 bridgehead atoms. The van der Waals surface area contributed by atoms with E-state index in [0.29, 0.717) is 10.6 Å². The maximum absolute atomic E-state index is 13.0. The highest BCUT2D eigenvalue weighted by atomic mass is 35.5. The Morgan fingerprint density at radius 3 is 2.21 bits per heavy atom. The number of rotatable bonds is 6. The van der Waals surface area contributed by atoms with Crippen molar-refractivity contribution in [2.75, 3.05) is 0 Å². The van der Waals surface area contributed by atoms with Crippen molar-refractivity contribution in [3.63, 3.8) is 0 Å². The lowest BCUT2D eigenvalue weighted by Gasteiger charge is -2.15. The first-order valence-electron chi connectivity index (χ1n) is 12.6. The minimum atomic E-state index is -0.141. The Morgan fingerprint density at radius 2 is 1.54 bits per heavy atom. The van der Waals surface area contributed by atoms with Gasteiger partial charge in [0.05, 0.1) is 6.04 Å². The molecule has 5 aromatic rings. The van der Waals surface area contributed by atoms with Gasteiger partial charge in [0.25, 0.3) is 5.91 Å². The number of nitrogens with one attached hydrogen (secondary N) is 1. The molecule has 0 spiro atoms. The minimum absolute atomic E-state index is 0.0920. The molecule has 0 aliphatic carbocycles. The molecule has 0 unspecified atom stereocenters. The Bertz CT molecular complexity index is 1630. The highest BCUT2D eigenvalue weighted by Crippen LogP contribution is 2.28. The highest BCUT2D eigenvalue weighted by molar-refractivity contribution is 6.30. The van der Waals surface area contributed by atoms with Gasteiger partial charge < -0.3 is 9.88 Å². The summed E-state index contributed by atoms with van der Waals surface area (Å²) in [7, 11) is 0. The van der Waals surface area contributed by atoms with Gasteiger partial charge in [-0.2, -0.15) is 9.59 Å². The number of benzene rings is 4. The van der Waals surface area contributed by atoms with Crippen molar-refractivity contribution in [1.29, 1.82) is 0 Å². The molecule has 0 fully saturated rings. The van der Waals surface area contributed by atoms with Crippen molar-refractivity contribution < 1.29 is 14.4 Å². The second-order valence-electron chi connectivity index (χ2n) is 9.42. The third kappa shape index (κ3) is 6.35. The van der Waals surface area contributed by atoms with E-state index in [2.05, 4.69) is 78.3 Å². The summed E-state index contributed by atoms with van der Waals surface area (Å²) >= 11 is 6.12. The van der Waals surface area contributed by atoms with Crippen LogP contribution in [0.1, 0.15) is 45.7 Å². The van der Waals surface area contributed by atoms with E-state index in [4.69, 9.17) is 21.2 Å². The van der Waals surface area contributed by atoms with Crippen molar-refractivity contribution in [1.82, 2.24) is 9.88 Å². The summed E-state index contributed by atoms with van der Waals surface area (Å²) in [5, 5.41) is 4.87. The normalized spacial score (nSPS) is 11.3. The first-order valence-corrected chi connectivity index (χ1v) is 13.0. The summed E-state index contributed by atoms with van der Waals surface area (Å²) in [6.45, 7) is 7.02. The smallest absolute Gasteiger partial charge is 0.346 e. The molecule has 0 saturated carbocycles. The van der Waals surface area contributed by atoms with Gasteiger partial charge in [-0.3, -0.25) is 4.79 Å². The van der Waals surface area contributed by atoms with E-state index >= 15 is 0 Å². The number of carbonyl (C=O) groups is 1. The molecule has 5 nitrogen and oxygen atoms in total. The lowest BCUT2D eigenvalue weighted by Crippen LogP contribution is -2.26. The van der Waals surface area contributed by atoms with Gasteiger partial charge in [0.15, 0.2) is 0 Å². The number of nitrogens with zero attached hydrogens (tertiary/aromatic N) is 1. The number of aromatic nitrogens is 1. The van der Waals surface area contributed by atoms with Crippen molar-refractivity contribution in [2.24, 2.45) is 0 Å². The van der Waals surface area contributed by atoms with Crippen molar-refractivity contribution in [3.8, 4) is 11.1 Å². The number of amides is 1. The fraction of sp³-hybridized carbons (Fsp3) is 0.152. The number of halogens is 1. The zero-order valence-electron chi connectivity index (χ0n) is 22.1. The molecule has 5 rings (SSSR count). The fourth-order valence-electron chi connectivity index (χ4n) is 4.75. The van der Waals surface area contributed by atoms with Gasteiger partial charge in [-0.15, -0.1) is 0 Å². The Hall–Kier alpha value is -4.44. The Balaban J connectivity index is 0.00000112. The van der Waals surface area contributed by atoms with Crippen LogP contribution in [0.3, 0.4) is 0 Å². The number of hydrogen-bond donors (Lipinski definition) is 1. The number of fused-ring (bicyclic) bond motifs is 1. The zero-order valence-corrected chi connectivity index (χ0v) is 22.8. The molecule has 1 aromatic heterocycles. The summed E-state index contributed by atoms with van der Waals surface area (Å²) in [6.07, 6.45) is 0.250. The molecule has 6 heteroatoms. The van der Waals surface area contributed by atoms with Crippen LogP contribution in [0.5, 0.6) is 0 Å². The van der Waals surface area contributed by atoms with Crippen LogP contribution < -0.4 is 5.32 Å². The highest BCUT2D eigenvalue weighted by Gasteiger charge is 2.16. The van der Waals surface area contributed by atoms with E-state index in [1.54, 1.807) is 0 Å². The van der Waals surface area contributed by atoms with Crippen molar-refractivity contribution in [2.45, 2.75) is 33.4 Å². The molecule has 1 N–H and O–H groups in total. The predicted molar refractivity (Wildman–Crippen MR) is 155 cm³/mol. The van der Waals surface area contributed by atoms with Gasteiger partial charge >= 0.3 is 6.15 Å². The third-order valence-electron chi connectivity index (χ3n) is 7.00. The molecule has 1 heterocycles. The second kappa shape index (κ2) is 12.4. The third-order valence-corrected chi connectivity index (χ3v) is 7.23. The quantitative estimate of drug-likeness (QED) is 0.244. The van der Waals surface area contributed by atoms with Crippen LogP contribution in [0.4, 0.5) is 0 Å². The Morgan fingerprint density at radius 1 is 0.872 bits per heavy atom. The summed E-state index contributed by atoms with van der Waals surface area (Å²) in [6, 6.07) is 32.6. The van der Waals surface area contributed by atoms with Crippen LogP contribution in [0, 0.1) is 13.8 Å². The minimum Gasteiger partial charge on any atom is -0.346 e. The first kappa shape index (κ1) is 27.6. The second-order valence-corrected chi connectivity index (χ2v) is 9.86. The van der Waals surface area contributed by atoms with Gasteiger partial charge in [0.2, 0.25) is 0 Å². The van der Waals surface area contributed by atoms with E-state index in [-0.39, 0.29) is 18.1 Å². The monoisotopic (exact) mass is 536 g/mol. The van der Waals surface area contributed by atoms with Crippen molar-refractivity contribution in [3.05, 3.63) is 130 Å². The van der Waals surface area contributed by atoms with Crippen LogP contribution in [0.25, 0.3) is 22.0 Å². The van der Waals surface area contributed by atoms with Crippen LogP contribution in [0.2, 0.25) is 5.02 Å². The molecule has 1 atom stereocenters. The largest absolute Gasteiger partial charge is 0.373 e. The molecule has 0 aliphatic heterocycles. The lowest BCUT2D eigenvalue weighted by atomic mass is 10.0. The molecular formula is C33H29ClN2O3. The molecular weight excluding hydrogens is 508 g/mol. The van der Waals surface area contributed by atoms with E-state index in [9.17, 15) is 4.79 Å². The molecule has 4 aromatic carbocycles. The topological polar surface area (TPSA) is 68.2 Å². The van der Waals surface area contributed by atoms with Crippen molar-refractivity contribution >= 4 is 34.6 Å². The fourth-order valence-corrected chi connectivity index (χ4v) is 4.95. The molecule has 0 saturated heterocycles. The Kier molecular flexibility index (Phi) is 8.77. The van der Waals surface area contributed by atoms with Gasteiger partial charge in [-0.1, -0.05) is 78.3 Å². The van der Waals surface area contributed by atoms with E-state index in [0.717, 1.165) is 23.0 Å². The standard InChI is InChI=1S/C32H29ClN2O.CO2/c1-21-23(3)35(20-24-12-14-26(15-13-24)25-8-5-4-6-9-25)31-17-16-28(19-30(21)31)32(36)34-22(2)27-10-7-11-29(33)18-27;2-1-3/h4-19,22H,20H2,1-3H3,(H,34,36);/t22-;/m0./s1. The average Bonchev–Trinajstić information content (AvgIpc) is 3.18. The van der Waals surface area contributed by atoms with Crippen LogP contribution in [-0.2, 0) is 16.1 Å². The maximum Gasteiger partial charge on any atom is 0.373 e. The van der Waals surface area contributed by atoms with E-state index in [1.807, 2.05) is 49.4 Å². The zero-order chi connectivity index (χ0) is 27.9. The summed E-state index contributed by atoms with van der Waals surface area (Å²) < 4.78 is 2.33. The summed E-state index contributed by atoms with van der Waals surface area (Å²) in [4.78, 5) is 29.3. The van der Waals surface area contributed by atoms with Crippen LogP contribution in [-0.4, -0.2) is 16.6 Å². The van der Waals surface area contributed by atoms with E-state index in [1.165, 1.54) is 27.9 Å². The number of aryl methyl sites for hydroxylation is 1. The number of carbonyl (C=O) groups excluding carboxylic acids is 3. The van der Waals surface area contributed by atoms with Gasteiger partial charge in [0, 0.05) is 33.7 Å².